The predicted molar refractivity (Wildman–Crippen MR) is 164 cm³/mol. The molecule has 0 aliphatic carbocycles. The molecule has 1 aromatic heterocycles. The van der Waals surface area contributed by atoms with E-state index in [4.69, 9.17) is 4.74 Å². The maximum Gasteiger partial charge on any atom is 0.416 e. The number of carbonyl (C=O) groups excluding carboxylic acids is 2. The second kappa shape index (κ2) is 15.6. The van der Waals surface area contributed by atoms with Crippen LogP contribution < -0.4 is 15.4 Å². The van der Waals surface area contributed by atoms with Crippen molar-refractivity contribution in [1.82, 2.24) is 15.6 Å². The van der Waals surface area contributed by atoms with Gasteiger partial charge in [0.1, 0.15) is 24.1 Å². The minimum absolute atomic E-state index is 0.0413. The van der Waals surface area contributed by atoms with Gasteiger partial charge in [-0.1, -0.05) is 42.5 Å². The molecule has 3 aromatic carbocycles. The Morgan fingerprint density at radius 1 is 0.889 bits per heavy atom. The molecular formula is C33H28F3N3O5S. The minimum atomic E-state index is -4.58. The van der Waals surface area contributed by atoms with Gasteiger partial charge >= 0.3 is 12.1 Å². The van der Waals surface area contributed by atoms with E-state index in [1.54, 1.807) is 36.7 Å². The van der Waals surface area contributed by atoms with Gasteiger partial charge in [0.15, 0.2) is 0 Å². The maximum absolute atomic E-state index is 13.3. The Kier molecular flexibility index (Phi) is 11.4. The lowest BCUT2D eigenvalue weighted by atomic mass is 10.1. The number of benzene rings is 3. The van der Waals surface area contributed by atoms with Crippen LogP contribution in [0.2, 0.25) is 0 Å². The van der Waals surface area contributed by atoms with E-state index in [-0.39, 0.29) is 17.0 Å². The highest BCUT2D eigenvalue weighted by Crippen LogP contribution is 2.29. The van der Waals surface area contributed by atoms with E-state index in [1.807, 2.05) is 42.5 Å². The van der Waals surface area contributed by atoms with Gasteiger partial charge in [0.2, 0.25) is 0 Å². The molecule has 0 aliphatic heterocycles. The van der Waals surface area contributed by atoms with Crippen molar-refractivity contribution in [3.8, 4) is 5.75 Å². The molecule has 0 bridgehead atoms. The van der Waals surface area contributed by atoms with Gasteiger partial charge in [-0.2, -0.15) is 24.9 Å². The van der Waals surface area contributed by atoms with Crippen molar-refractivity contribution < 1.29 is 37.4 Å². The molecule has 12 heteroatoms. The molecule has 232 valence electrons. The summed E-state index contributed by atoms with van der Waals surface area (Å²) in [4.78, 5) is 42.2. The highest BCUT2D eigenvalue weighted by atomic mass is 32.2. The lowest BCUT2D eigenvalue weighted by Gasteiger charge is -2.17. The number of carboxylic acids is 1. The lowest BCUT2D eigenvalue weighted by Crippen LogP contribution is -2.45. The Morgan fingerprint density at radius 3 is 2.18 bits per heavy atom. The Balaban J connectivity index is 1.50. The third-order valence-electron chi connectivity index (χ3n) is 6.31. The number of carboxylic acid groups (broad SMARTS) is 1. The van der Waals surface area contributed by atoms with Crippen molar-refractivity contribution in [2.45, 2.75) is 24.6 Å². The van der Waals surface area contributed by atoms with E-state index in [9.17, 15) is 32.7 Å². The topological polar surface area (TPSA) is 118 Å². The molecule has 3 N–H and O–H groups in total. The molecule has 0 aliphatic rings. The monoisotopic (exact) mass is 635 g/mol. The molecule has 1 heterocycles. The molecule has 0 fully saturated rings. The smallest absolute Gasteiger partial charge is 0.416 e. The van der Waals surface area contributed by atoms with Crippen LogP contribution in [-0.4, -0.2) is 39.7 Å². The maximum atomic E-state index is 13.3. The number of halogens is 3. The first kappa shape index (κ1) is 32.8. The van der Waals surface area contributed by atoms with Crippen LogP contribution in [0.1, 0.15) is 32.6 Å². The van der Waals surface area contributed by atoms with Crippen LogP contribution in [0.15, 0.2) is 109 Å². The number of nitrogens with one attached hydrogen (secondary N) is 2. The predicted octanol–water partition coefficient (Wildman–Crippen LogP) is 5.95. The highest BCUT2D eigenvalue weighted by molar-refractivity contribution is 7.98. The Morgan fingerprint density at radius 2 is 1.56 bits per heavy atom. The zero-order valence-corrected chi connectivity index (χ0v) is 24.5. The second-order valence-corrected chi connectivity index (χ2v) is 10.7. The first-order valence-electron chi connectivity index (χ1n) is 13.6. The van der Waals surface area contributed by atoms with Crippen molar-refractivity contribution in [2.24, 2.45) is 0 Å². The molecule has 2 amide bonds. The Hall–Kier alpha value is -5.10. The van der Waals surface area contributed by atoms with Crippen LogP contribution in [0.5, 0.6) is 5.75 Å². The first-order valence-corrected chi connectivity index (χ1v) is 14.7. The van der Waals surface area contributed by atoms with E-state index in [0.717, 1.165) is 35.4 Å². The van der Waals surface area contributed by atoms with Gasteiger partial charge in [-0.15, -0.1) is 0 Å². The van der Waals surface area contributed by atoms with Crippen molar-refractivity contribution in [2.75, 3.05) is 5.75 Å². The molecule has 4 aromatic rings. The zero-order valence-electron chi connectivity index (χ0n) is 23.7. The zero-order chi connectivity index (χ0) is 32.2. The SMILES string of the molecule is O=C(N[C@@H](CSCc1ccccc1)C(=O)O)C(=Cc1ccc(OCc2ccncc2)cc1)NC(=O)c1ccc(C(F)(F)F)cc1. The van der Waals surface area contributed by atoms with Crippen LogP contribution in [-0.2, 0) is 28.1 Å². The van der Waals surface area contributed by atoms with Crippen LogP contribution in [0.25, 0.3) is 6.08 Å². The number of nitrogens with zero attached hydrogens (tertiary/aromatic N) is 1. The normalized spacial score (nSPS) is 12.2. The van der Waals surface area contributed by atoms with Gasteiger partial charge in [-0.25, -0.2) is 4.79 Å². The highest BCUT2D eigenvalue weighted by Gasteiger charge is 2.30. The second-order valence-electron chi connectivity index (χ2n) is 9.67. The van der Waals surface area contributed by atoms with Crippen LogP contribution in [0.3, 0.4) is 0 Å². The number of pyridine rings is 1. The average molecular weight is 636 g/mol. The number of hydrogen-bond donors (Lipinski definition) is 3. The number of alkyl halides is 3. The van der Waals surface area contributed by atoms with Gasteiger partial charge < -0.3 is 20.5 Å². The molecule has 0 spiro atoms. The first-order chi connectivity index (χ1) is 21.6. The molecule has 0 saturated heterocycles. The number of rotatable bonds is 13. The third-order valence-corrected chi connectivity index (χ3v) is 7.42. The standard InChI is InChI=1S/C33H28F3N3O5S/c34-33(35,36)26-10-8-25(9-11-26)30(40)38-28(18-22-6-12-27(13-7-22)44-19-23-14-16-37-17-15-23)31(41)39-29(32(42)43)21-45-20-24-4-2-1-3-5-24/h1-18,29H,19-21H2,(H,38,40)(H,39,41)(H,42,43)/t29-/m0/s1. The van der Waals surface area contributed by atoms with Crippen molar-refractivity contribution in [1.29, 1.82) is 0 Å². The summed E-state index contributed by atoms with van der Waals surface area (Å²) >= 11 is 1.31. The van der Waals surface area contributed by atoms with E-state index < -0.39 is 35.6 Å². The van der Waals surface area contributed by atoms with Gasteiger partial charge in [0, 0.05) is 29.5 Å². The molecule has 45 heavy (non-hydrogen) atoms. The van der Waals surface area contributed by atoms with Crippen molar-refractivity contribution in [3.63, 3.8) is 0 Å². The van der Waals surface area contributed by atoms with Gasteiger partial charge in [0.25, 0.3) is 11.8 Å². The molecule has 8 nitrogen and oxygen atoms in total. The summed E-state index contributed by atoms with van der Waals surface area (Å²) in [5, 5.41) is 14.6. The Bertz CT molecular complexity index is 1620. The number of aliphatic carboxylic acids is 1. The summed E-state index contributed by atoms with van der Waals surface area (Å²) in [7, 11) is 0. The lowest BCUT2D eigenvalue weighted by molar-refractivity contribution is -0.140. The number of thioether (sulfide) groups is 1. The largest absolute Gasteiger partial charge is 0.489 e. The summed E-state index contributed by atoms with van der Waals surface area (Å²) in [5.41, 5.74) is 0.995. The summed E-state index contributed by atoms with van der Waals surface area (Å²) in [6.07, 6.45) is 0.0442. The molecule has 0 saturated carbocycles. The van der Waals surface area contributed by atoms with Gasteiger partial charge in [-0.3, -0.25) is 14.6 Å². The summed E-state index contributed by atoms with van der Waals surface area (Å²) in [6, 6.07) is 21.8. The van der Waals surface area contributed by atoms with E-state index in [0.29, 0.717) is 23.7 Å². The van der Waals surface area contributed by atoms with E-state index in [1.165, 1.54) is 17.8 Å². The fourth-order valence-corrected chi connectivity index (χ4v) is 4.92. The number of ether oxygens (including phenoxy) is 1. The molecular weight excluding hydrogens is 607 g/mol. The van der Waals surface area contributed by atoms with Gasteiger partial charge in [0.05, 0.1) is 5.56 Å². The molecule has 0 radical (unpaired) electrons. The van der Waals surface area contributed by atoms with Gasteiger partial charge in [-0.05, 0) is 71.3 Å². The van der Waals surface area contributed by atoms with Crippen LogP contribution >= 0.6 is 11.8 Å². The fraction of sp³-hybridized carbons (Fsp3) is 0.152. The van der Waals surface area contributed by atoms with Crippen LogP contribution in [0.4, 0.5) is 13.2 Å². The number of hydrogen-bond acceptors (Lipinski definition) is 6. The van der Waals surface area contributed by atoms with Crippen molar-refractivity contribution >= 4 is 35.6 Å². The average Bonchev–Trinajstić information content (AvgIpc) is 3.04. The summed E-state index contributed by atoms with van der Waals surface area (Å²) in [6.45, 7) is 0.299. The minimum Gasteiger partial charge on any atom is -0.489 e. The molecule has 1 atom stereocenters. The molecule has 4 rings (SSSR count). The van der Waals surface area contributed by atoms with E-state index >= 15 is 0 Å². The quantitative estimate of drug-likeness (QED) is 0.155. The number of carbonyl (C=O) groups is 3. The van der Waals surface area contributed by atoms with Crippen LogP contribution in [0, 0.1) is 0 Å². The summed E-state index contributed by atoms with van der Waals surface area (Å²) in [5.74, 6) is -1.92. The fourth-order valence-electron chi connectivity index (χ4n) is 3.92. The van der Waals surface area contributed by atoms with E-state index in [2.05, 4.69) is 15.6 Å². The summed E-state index contributed by atoms with van der Waals surface area (Å²) < 4.78 is 44.7. The number of amides is 2. The van der Waals surface area contributed by atoms with Crippen molar-refractivity contribution in [3.05, 3.63) is 137 Å². The number of aromatic nitrogens is 1. The third kappa shape index (κ3) is 10.2. The molecule has 0 unspecified atom stereocenters. The Labute approximate surface area is 261 Å².